The molecule has 0 saturated carbocycles. The summed E-state index contributed by atoms with van der Waals surface area (Å²) in [6, 6.07) is 1.90. The van der Waals surface area contributed by atoms with E-state index in [1.165, 1.54) is 0 Å². The summed E-state index contributed by atoms with van der Waals surface area (Å²) >= 11 is 0. The van der Waals surface area contributed by atoms with Crippen LogP contribution in [0.5, 0.6) is 0 Å². The highest BCUT2D eigenvalue weighted by Crippen LogP contribution is 2.09. The number of likely N-dealkylation sites (N-methyl/N-ethyl adjacent to an activating group) is 1. The molecule has 0 aliphatic rings. The molecule has 17 heavy (non-hydrogen) atoms. The Balaban J connectivity index is 2.98. The van der Waals surface area contributed by atoms with Crippen molar-refractivity contribution in [3.8, 4) is 0 Å². The summed E-state index contributed by atoms with van der Waals surface area (Å²) in [7, 11) is 1.94. The Bertz CT molecular complexity index is 425. The van der Waals surface area contributed by atoms with Crippen molar-refractivity contribution in [2.45, 2.75) is 46.7 Å². The van der Waals surface area contributed by atoms with Gasteiger partial charge in [0.2, 0.25) is 0 Å². The van der Waals surface area contributed by atoms with Gasteiger partial charge in [-0.2, -0.15) is 0 Å². The standard InChI is InChI=1S/C13H23N3O/c1-6-9(2)12(14-5)8-16-11(4)15-10(3)7-13(16)17/h7,9,12,14H,6,8H2,1-5H3. The summed E-state index contributed by atoms with van der Waals surface area (Å²) in [6.45, 7) is 8.78. The number of aryl methyl sites for hydroxylation is 2. The molecule has 96 valence electrons. The van der Waals surface area contributed by atoms with E-state index in [-0.39, 0.29) is 5.56 Å². The fraction of sp³-hybridized carbons (Fsp3) is 0.692. The van der Waals surface area contributed by atoms with Crippen molar-refractivity contribution in [1.82, 2.24) is 14.9 Å². The second kappa shape index (κ2) is 5.96. The van der Waals surface area contributed by atoms with Crippen molar-refractivity contribution in [2.75, 3.05) is 7.05 Å². The molecule has 0 saturated heterocycles. The van der Waals surface area contributed by atoms with Crippen molar-refractivity contribution in [3.05, 3.63) is 27.9 Å². The minimum atomic E-state index is 0.0403. The molecule has 0 aliphatic carbocycles. The third-order valence-corrected chi connectivity index (χ3v) is 3.41. The first-order chi connectivity index (χ1) is 7.99. The average molecular weight is 237 g/mol. The highest BCUT2D eigenvalue weighted by atomic mass is 16.1. The van der Waals surface area contributed by atoms with Crippen LogP contribution in [-0.2, 0) is 6.54 Å². The second-order valence-corrected chi connectivity index (χ2v) is 4.67. The molecule has 1 aromatic rings. The summed E-state index contributed by atoms with van der Waals surface area (Å²) in [6.07, 6.45) is 1.10. The highest BCUT2D eigenvalue weighted by Gasteiger charge is 2.16. The Labute approximate surface area is 103 Å². The Morgan fingerprint density at radius 2 is 2.12 bits per heavy atom. The van der Waals surface area contributed by atoms with Gasteiger partial charge >= 0.3 is 0 Å². The van der Waals surface area contributed by atoms with E-state index in [0.717, 1.165) is 17.9 Å². The molecule has 0 amide bonds. The van der Waals surface area contributed by atoms with Crippen molar-refractivity contribution in [2.24, 2.45) is 5.92 Å². The van der Waals surface area contributed by atoms with Crippen LogP contribution in [0.4, 0.5) is 0 Å². The molecular formula is C13H23N3O. The minimum absolute atomic E-state index is 0.0403. The van der Waals surface area contributed by atoms with Gasteiger partial charge in [-0.05, 0) is 26.8 Å². The molecule has 1 aromatic heterocycles. The third-order valence-electron chi connectivity index (χ3n) is 3.41. The molecular weight excluding hydrogens is 214 g/mol. The maximum atomic E-state index is 11.9. The van der Waals surface area contributed by atoms with Crippen LogP contribution in [0.15, 0.2) is 10.9 Å². The number of aromatic nitrogens is 2. The lowest BCUT2D eigenvalue weighted by molar-refractivity contribution is 0.340. The molecule has 2 unspecified atom stereocenters. The number of rotatable bonds is 5. The van der Waals surface area contributed by atoms with E-state index in [1.807, 2.05) is 20.9 Å². The Morgan fingerprint density at radius 3 is 2.59 bits per heavy atom. The van der Waals surface area contributed by atoms with Gasteiger partial charge in [0.1, 0.15) is 5.82 Å². The summed E-state index contributed by atoms with van der Waals surface area (Å²) < 4.78 is 1.75. The maximum Gasteiger partial charge on any atom is 0.253 e. The number of hydrogen-bond acceptors (Lipinski definition) is 3. The van der Waals surface area contributed by atoms with E-state index in [4.69, 9.17) is 0 Å². The number of hydrogen-bond donors (Lipinski definition) is 1. The first-order valence-electron chi connectivity index (χ1n) is 6.22. The predicted octanol–water partition coefficient (Wildman–Crippen LogP) is 1.49. The van der Waals surface area contributed by atoms with Gasteiger partial charge in [-0.1, -0.05) is 20.3 Å². The molecule has 0 bridgehead atoms. The molecule has 1 heterocycles. The SMILES string of the molecule is CCC(C)C(Cn1c(C)nc(C)cc1=O)NC. The zero-order chi connectivity index (χ0) is 13.0. The first-order valence-corrected chi connectivity index (χ1v) is 6.22. The third kappa shape index (κ3) is 3.40. The van der Waals surface area contributed by atoms with E-state index in [0.29, 0.717) is 18.5 Å². The van der Waals surface area contributed by atoms with Crippen molar-refractivity contribution in [1.29, 1.82) is 0 Å². The Hall–Kier alpha value is -1.16. The lowest BCUT2D eigenvalue weighted by atomic mass is 9.99. The molecule has 1 rings (SSSR count). The van der Waals surface area contributed by atoms with Crippen LogP contribution in [0, 0.1) is 19.8 Å². The van der Waals surface area contributed by atoms with E-state index < -0.39 is 0 Å². The Morgan fingerprint density at radius 1 is 1.47 bits per heavy atom. The summed E-state index contributed by atoms with van der Waals surface area (Å²) in [5, 5.41) is 3.28. The summed E-state index contributed by atoms with van der Waals surface area (Å²) in [5.74, 6) is 1.33. The molecule has 4 nitrogen and oxygen atoms in total. The molecule has 2 atom stereocenters. The fourth-order valence-corrected chi connectivity index (χ4v) is 2.02. The van der Waals surface area contributed by atoms with E-state index in [1.54, 1.807) is 10.6 Å². The van der Waals surface area contributed by atoms with Crippen molar-refractivity contribution in [3.63, 3.8) is 0 Å². The largest absolute Gasteiger partial charge is 0.315 e. The zero-order valence-electron chi connectivity index (χ0n) is 11.4. The van der Waals surface area contributed by atoms with Gasteiger partial charge in [-0.25, -0.2) is 4.98 Å². The minimum Gasteiger partial charge on any atom is -0.315 e. The van der Waals surface area contributed by atoms with Gasteiger partial charge < -0.3 is 5.32 Å². The van der Waals surface area contributed by atoms with Gasteiger partial charge in [0.25, 0.3) is 5.56 Å². The summed E-state index contributed by atoms with van der Waals surface area (Å²) in [4.78, 5) is 16.3. The number of nitrogens with zero attached hydrogens (tertiary/aromatic N) is 2. The molecule has 0 spiro atoms. The van der Waals surface area contributed by atoms with Gasteiger partial charge in [0.15, 0.2) is 0 Å². The first kappa shape index (κ1) is 13.9. The van der Waals surface area contributed by atoms with Crippen LogP contribution in [0.3, 0.4) is 0 Å². The molecule has 1 N–H and O–H groups in total. The van der Waals surface area contributed by atoms with Crippen LogP contribution in [0.2, 0.25) is 0 Å². The zero-order valence-corrected chi connectivity index (χ0v) is 11.4. The van der Waals surface area contributed by atoms with Gasteiger partial charge in [0.05, 0.1) is 0 Å². The van der Waals surface area contributed by atoms with Gasteiger partial charge in [0, 0.05) is 24.3 Å². The maximum absolute atomic E-state index is 11.9. The molecule has 0 radical (unpaired) electrons. The highest BCUT2D eigenvalue weighted by molar-refractivity contribution is 5.02. The average Bonchev–Trinajstić information content (AvgIpc) is 2.27. The lowest BCUT2D eigenvalue weighted by Gasteiger charge is -2.24. The van der Waals surface area contributed by atoms with Gasteiger partial charge in [-0.3, -0.25) is 9.36 Å². The van der Waals surface area contributed by atoms with Crippen LogP contribution >= 0.6 is 0 Å². The monoisotopic (exact) mass is 237 g/mol. The molecule has 0 aliphatic heterocycles. The predicted molar refractivity (Wildman–Crippen MR) is 70.3 cm³/mol. The van der Waals surface area contributed by atoms with Crippen molar-refractivity contribution >= 4 is 0 Å². The van der Waals surface area contributed by atoms with Crippen LogP contribution in [-0.4, -0.2) is 22.6 Å². The molecule has 0 fully saturated rings. The summed E-state index contributed by atoms with van der Waals surface area (Å²) in [5.41, 5.74) is 0.826. The van der Waals surface area contributed by atoms with E-state index in [9.17, 15) is 4.79 Å². The topological polar surface area (TPSA) is 46.9 Å². The van der Waals surface area contributed by atoms with Crippen LogP contribution in [0.1, 0.15) is 31.8 Å². The van der Waals surface area contributed by atoms with Crippen LogP contribution < -0.4 is 10.9 Å². The molecule has 0 aromatic carbocycles. The smallest absolute Gasteiger partial charge is 0.253 e. The van der Waals surface area contributed by atoms with Crippen LogP contribution in [0.25, 0.3) is 0 Å². The molecule has 4 heteroatoms. The van der Waals surface area contributed by atoms with Crippen molar-refractivity contribution < 1.29 is 0 Å². The van der Waals surface area contributed by atoms with E-state index >= 15 is 0 Å². The fourth-order valence-electron chi connectivity index (χ4n) is 2.02. The lowest BCUT2D eigenvalue weighted by Crippen LogP contribution is -2.39. The second-order valence-electron chi connectivity index (χ2n) is 4.67. The normalized spacial score (nSPS) is 14.6. The number of nitrogens with one attached hydrogen (secondary N) is 1. The van der Waals surface area contributed by atoms with E-state index in [2.05, 4.69) is 24.1 Å². The Kier molecular flexibility index (Phi) is 4.87. The quantitative estimate of drug-likeness (QED) is 0.844. The van der Waals surface area contributed by atoms with Gasteiger partial charge in [-0.15, -0.1) is 0 Å².